The van der Waals surface area contributed by atoms with Gasteiger partial charge in [0.05, 0.1) is 6.04 Å². The third kappa shape index (κ3) is 2.46. The second kappa shape index (κ2) is 4.42. The highest BCUT2D eigenvalue weighted by Gasteiger charge is 2.19. The second-order valence-corrected chi connectivity index (χ2v) is 3.19. The van der Waals surface area contributed by atoms with Crippen LogP contribution in [0.2, 0.25) is 0 Å². The number of nitrogens with one attached hydrogen (secondary N) is 3. The van der Waals surface area contributed by atoms with Gasteiger partial charge in [0.25, 0.3) is 0 Å². The Labute approximate surface area is 73.1 Å². The summed E-state index contributed by atoms with van der Waals surface area (Å²) in [5.74, 6) is 0.0573. The molecule has 1 amide bonds. The fourth-order valence-corrected chi connectivity index (χ4v) is 1.44. The molecule has 4 heteroatoms. The van der Waals surface area contributed by atoms with E-state index in [4.69, 9.17) is 0 Å². The molecule has 1 aliphatic rings. The van der Waals surface area contributed by atoms with Gasteiger partial charge in [-0.25, -0.2) is 0 Å². The van der Waals surface area contributed by atoms with Crippen LogP contribution in [0.1, 0.15) is 13.3 Å². The molecule has 1 aliphatic heterocycles. The Morgan fingerprint density at radius 3 is 2.92 bits per heavy atom. The summed E-state index contributed by atoms with van der Waals surface area (Å²) >= 11 is 0. The summed E-state index contributed by atoms with van der Waals surface area (Å²) in [7, 11) is 1.66. The number of hydrogen-bond donors (Lipinski definition) is 3. The maximum Gasteiger partial charge on any atom is 0.236 e. The SMILES string of the molecule is CNC(=O)C(C)NC1CCNC1. The first-order chi connectivity index (χ1) is 5.74. The van der Waals surface area contributed by atoms with Gasteiger partial charge in [-0.3, -0.25) is 4.79 Å². The Kier molecular flexibility index (Phi) is 3.49. The molecule has 0 radical (unpaired) electrons. The zero-order valence-electron chi connectivity index (χ0n) is 7.68. The van der Waals surface area contributed by atoms with E-state index >= 15 is 0 Å². The molecule has 2 unspecified atom stereocenters. The topological polar surface area (TPSA) is 53.2 Å². The van der Waals surface area contributed by atoms with Crippen LogP contribution in [0.5, 0.6) is 0 Å². The Hall–Kier alpha value is -0.610. The third-order valence-corrected chi connectivity index (χ3v) is 2.19. The first kappa shape index (κ1) is 9.48. The van der Waals surface area contributed by atoms with Crippen molar-refractivity contribution in [3.63, 3.8) is 0 Å². The van der Waals surface area contributed by atoms with Crippen LogP contribution in [0.4, 0.5) is 0 Å². The summed E-state index contributed by atoms with van der Waals surface area (Å²) in [6.07, 6.45) is 1.11. The largest absolute Gasteiger partial charge is 0.358 e. The van der Waals surface area contributed by atoms with Crippen molar-refractivity contribution in [3.8, 4) is 0 Å². The molecule has 70 valence electrons. The summed E-state index contributed by atoms with van der Waals surface area (Å²) in [5, 5.41) is 9.11. The summed E-state index contributed by atoms with van der Waals surface area (Å²) in [5.41, 5.74) is 0. The Morgan fingerprint density at radius 1 is 1.67 bits per heavy atom. The Bertz CT molecular complexity index is 154. The lowest BCUT2D eigenvalue weighted by molar-refractivity contribution is -0.122. The standard InChI is InChI=1S/C8H17N3O/c1-6(8(12)9-2)11-7-3-4-10-5-7/h6-7,10-11H,3-5H2,1-2H3,(H,9,12). The van der Waals surface area contributed by atoms with E-state index in [0.29, 0.717) is 6.04 Å². The highest BCUT2D eigenvalue weighted by molar-refractivity contribution is 5.80. The van der Waals surface area contributed by atoms with Crippen molar-refractivity contribution in [1.82, 2.24) is 16.0 Å². The van der Waals surface area contributed by atoms with Crippen molar-refractivity contribution in [2.24, 2.45) is 0 Å². The van der Waals surface area contributed by atoms with Crippen LogP contribution in [0.3, 0.4) is 0 Å². The van der Waals surface area contributed by atoms with Gasteiger partial charge in [-0.05, 0) is 19.9 Å². The molecule has 0 bridgehead atoms. The molecule has 2 atom stereocenters. The summed E-state index contributed by atoms with van der Waals surface area (Å²) < 4.78 is 0. The fourth-order valence-electron chi connectivity index (χ4n) is 1.44. The fraction of sp³-hybridized carbons (Fsp3) is 0.875. The van der Waals surface area contributed by atoms with Crippen molar-refractivity contribution < 1.29 is 4.79 Å². The van der Waals surface area contributed by atoms with Crippen LogP contribution in [0.15, 0.2) is 0 Å². The molecule has 12 heavy (non-hydrogen) atoms. The highest BCUT2D eigenvalue weighted by Crippen LogP contribution is 1.98. The molecule has 3 N–H and O–H groups in total. The minimum absolute atomic E-state index is 0.0573. The summed E-state index contributed by atoms with van der Waals surface area (Å²) in [6.45, 7) is 3.91. The number of rotatable bonds is 3. The Morgan fingerprint density at radius 2 is 2.42 bits per heavy atom. The molecule has 1 rings (SSSR count). The van der Waals surface area contributed by atoms with E-state index in [2.05, 4.69) is 16.0 Å². The maximum absolute atomic E-state index is 11.1. The zero-order chi connectivity index (χ0) is 8.97. The molecule has 1 heterocycles. The molecule has 0 aromatic heterocycles. The van der Waals surface area contributed by atoms with E-state index < -0.39 is 0 Å². The van der Waals surface area contributed by atoms with Crippen molar-refractivity contribution in [3.05, 3.63) is 0 Å². The van der Waals surface area contributed by atoms with E-state index in [1.165, 1.54) is 0 Å². The van der Waals surface area contributed by atoms with Gasteiger partial charge >= 0.3 is 0 Å². The molecule has 0 aliphatic carbocycles. The molecule has 0 spiro atoms. The average molecular weight is 171 g/mol. The van der Waals surface area contributed by atoms with Crippen LogP contribution in [0.25, 0.3) is 0 Å². The molecule has 1 saturated heterocycles. The first-order valence-corrected chi connectivity index (χ1v) is 4.42. The number of carbonyl (C=O) groups excluding carboxylic acids is 1. The van der Waals surface area contributed by atoms with Crippen LogP contribution in [0, 0.1) is 0 Å². The molecule has 0 saturated carbocycles. The van der Waals surface area contributed by atoms with Crippen molar-refractivity contribution >= 4 is 5.91 Å². The van der Waals surface area contributed by atoms with E-state index in [-0.39, 0.29) is 11.9 Å². The minimum Gasteiger partial charge on any atom is -0.358 e. The number of amides is 1. The molecular weight excluding hydrogens is 154 g/mol. The van der Waals surface area contributed by atoms with Crippen molar-refractivity contribution in [2.45, 2.75) is 25.4 Å². The number of hydrogen-bond acceptors (Lipinski definition) is 3. The second-order valence-electron chi connectivity index (χ2n) is 3.19. The predicted molar refractivity (Wildman–Crippen MR) is 47.9 cm³/mol. The van der Waals surface area contributed by atoms with E-state index in [9.17, 15) is 4.79 Å². The normalized spacial score (nSPS) is 25.3. The van der Waals surface area contributed by atoms with Gasteiger partial charge in [0.1, 0.15) is 0 Å². The van der Waals surface area contributed by atoms with Crippen molar-refractivity contribution in [1.29, 1.82) is 0 Å². The van der Waals surface area contributed by atoms with Gasteiger partial charge in [-0.2, -0.15) is 0 Å². The van der Waals surface area contributed by atoms with Crippen LogP contribution >= 0.6 is 0 Å². The van der Waals surface area contributed by atoms with Gasteiger partial charge in [-0.15, -0.1) is 0 Å². The van der Waals surface area contributed by atoms with Crippen LogP contribution in [-0.4, -0.2) is 38.1 Å². The quantitative estimate of drug-likeness (QED) is 0.514. The maximum atomic E-state index is 11.1. The molecule has 4 nitrogen and oxygen atoms in total. The monoisotopic (exact) mass is 171 g/mol. The smallest absolute Gasteiger partial charge is 0.236 e. The van der Waals surface area contributed by atoms with Crippen molar-refractivity contribution in [2.75, 3.05) is 20.1 Å². The van der Waals surface area contributed by atoms with E-state index in [1.54, 1.807) is 7.05 Å². The molecule has 0 aromatic rings. The minimum atomic E-state index is -0.0834. The van der Waals surface area contributed by atoms with Crippen LogP contribution < -0.4 is 16.0 Å². The summed E-state index contributed by atoms with van der Waals surface area (Å²) in [4.78, 5) is 11.1. The van der Waals surface area contributed by atoms with E-state index in [1.807, 2.05) is 6.92 Å². The lowest BCUT2D eigenvalue weighted by Gasteiger charge is -2.16. The van der Waals surface area contributed by atoms with Gasteiger partial charge < -0.3 is 16.0 Å². The number of likely N-dealkylation sites (N-methyl/N-ethyl adjacent to an activating group) is 1. The Balaban J connectivity index is 2.24. The van der Waals surface area contributed by atoms with E-state index in [0.717, 1.165) is 19.5 Å². The third-order valence-electron chi connectivity index (χ3n) is 2.19. The van der Waals surface area contributed by atoms with Crippen LogP contribution in [-0.2, 0) is 4.79 Å². The zero-order valence-corrected chi connectivity index (χ0v) is 7.68. The van der Waals surface area contributed by atoms with Gasteiger partial charge in [0, 0.05) is 19.6 Å². The van der Waals surface area contributed by atoms with Gasteiger partial charge in [-0.1, -0.05) is 0 Å². The molecule has 1 fully saturated rings. The first-order valence-electron chi connectivity index (χ1n) is 4.42. The average Bonchev–Trinajstić information content (AvgIpc) is 2.55. The highest BCUT2D eigenvalue weighted by atomic mass is 16.2. The summed E-state index contributed by atoms with van der Waals surface area (Å²) in [6, 6.07) is 0.372. The predicted octanol–water partition coefficient (Wildman–Crippen LogP) is -0.928. The van der Waals surface area contributed by atoms with Gasteiger partial charge in [0.15, 0.2) is 0 Å². The van der Waals surface area contributed by atoms with Gasteiger partial charge in [0.2, 0.25) is 5.91 Å². The number of carbonyl (C=O) groups is 1. The lowest BCUT2D eigenvalue weighted by Crippen LogP contribution is -2.46. The molecule has 0 aromatic carbocycles. The lowest BCUT2D eigenvalue weighted by atomic mass is 10.2. The molecular formula is C8H17N3O.